The van der Waals surface area contributed by atoms with Crippen molar-refractivity contribution >= 4 is 0 Å². The van der Waals surface area contributed by atoms with E-state index in [9.17, 15) is 0 Å². The van der Waals surface area contributed by atoms with Crippen molar-refractivity contribution in [3.8, 4) is 6.07 Å². The Morgan fingerprint density at radius 1 is 1.70 bits per heavy atom. The molecule has 1 rings (SSSR count). The molecule has 0 saturated carbocycles. The molecule has 1 heterocycles. The SMILES string of the molecule is CCc1nc(CC#N)no1. The van der Waals surface area contributed by atoms with E-state index in [1.807, 2.05) is 13.0 Å². The highest BCUT2D eigenvalue weighted by Gasteiger charge is 2.01. The van der Waals surface area contributed by atoms with Crippen molar-refractivity contribution < 1.29 is 4.52 Å². The van der Waals surface area contributed by atoms with Crippen molar-refractivity contribution in [2.24, 2.45) is 0 Å². The molecule has 0 fully saturated rings. The normalized spacial score (nSPS) is 9.20. The molecule has 4 nitrogen and oxygen atoms in total. The second-order valence-electron chi connectivity index (χ2n) is 1.79. The summed E-state index contributed by atoms with van der Waals surface area (Å²) in [5.41, 5.74) is 0. The molecule has 0 aliphatic rings. The number of aryl methyl sites for hydroxylation is 1. The fourth-order valence-electron chi connectivity index (χ4n) is 0.576. The summed E-state index contributed by atoms with van der Waals surface area (Å²) >= 11 is 0. The van der Waals surface area contributed by atoms with Gasteiger partial charge in [0.1, 0.15) is 0 Å². The summed E-state index contributed by atoms with van der Waals surface area (Å²) in [5.74, 6) is 1.06. The summed E-state index contributed by atoms with van der Waals surface area (Å²) in [6, 6.07) is 1.94. The van der Waals surface area contributed by atoms with Crippen LogP contribution in [0.3, 0.4) is 0 Å². The summed E-state index contributed by atoms with van der Waals surface area (Å²) < 4.78 is 4.75. The molecule has 0 atom stereocenters. The zero-order chi connectivity index (χ0) is 7.40. The maximum Gasteiger partial charge on any atom is 0.226 e. The van der Waals surface area contributed by atoms with Crippen LogP contribution >= 0.6 is 0 Å². The van der Waals surface area contributed by atoms with E-state index < -0.39 is 0 Å². The van der Waals surface area contributed by atoms with Crippen LogP contribution < -0.4 is 0 Å². The predicted octanol–water partition coefficient (Wildman–Crippen LogP) is 0.698. The van der Waals surface area contributed by atoms with Crippen molar-refractivity contribution in [2.75, 3.05) is 0 Å². The Balaban J connectivity index is 2.70. The van der Waals surface area contributed by atoms with Crippen molar-refractivity contribution in [3.63, 3.8) is 0 Å². The molecular weight excluding hydrogens is 130 g/mol. The molecule has 10 heavy (non-hydrogen) atoms. The first-order valence-corrected chi connectivity index (χ1v) is 3.05. The quantitative estimate of drug-likeness (QED) is 0.601. The van der Waals surface area contributed by atoms with Crippen molar-refractivity contribution in [3.05, 3.63) is 11.7 Å². The molecule has 52 valence electrons. The Morgan fingerprint density at radius 2 is 2.50 bits per heavy atom. The largest absolute Gasteiger partial charge is 0.339 e. The minimum absolute atomic E-state index is 0.226. The molecule has 0 aliphatic carbocycles. The summed E-state index contributed by atoms with van der Waals surface area (Å²) in [6.07, 6.45) is 0.946. The van der Waals surface area contributed by atoms with Gasteiger partial charge in [-0.3, -0.25) is 0 Å². The molecule has 0 radical (unpaired) electrons. The Kier molecular flexibility index (Phi) is 2.00. The molecule has 1 aromatic rings. The van der Waals surface area contributed by atoms with Crippen molar-refractivity contribution in [2.45, 2.75) is 19.8 Å². The highest BCUT2D eigenvalue weighted by atomic mass is 16.5. The molecule has 0 aromatic carbocycles. The molecule has 0 bridgehead atoms. The summed E-state index contributed by atoms with van der Waals surface area (Å²) in [7, 11) is 0. The van der Waals surface area contributed by atoms with Gasteiger partial charge in [0, 0.05) is 6.42 Å². The van der Waals surface area contributed by atoms with E-state index in [1.54, 1.807) is 0 Å². The fraction of sp³-hybridized carbons (Fsp3) is 0.500. The van der Waals surface area contributed by atoms with Gasteiger partial charge in [-0.15, -0.1) is 0 Å². The van der Waals surface area contributed by atoms with Crippen LogP contribution in [0.1, 0.15) is 18.6 Å². The highest BCUT2D eigenvalue weighted by molar-refractivity contribution is 4.93. The smallest absolute Gasteiger partial charge is 0.226 e. The number of nitrogens with zero attached hydrogens (tertiary/aromatic N) is 3. The van der Waals surface area contributed by atoms with Crippen LogP contribution in [0.15, 0.2) is 4.52 Å². The summed E-state index contributed by atoms with van der Waals surface area (Å²) in [5, 5.41) is 11.8. The zero-order valence-corrected chi connectivity index (χ0v) is 5.66. The lowest BCUT2D eigenvalue weighted by molar-refractivity contribution is 0.377. The number of rotatable bonds is 2. The molecule has 4 heteroatoms. The average Bonchev–Trinajstić information content (AvgIpc) is 2.37. The van der Waals surface area contributed by atoms with E-state index in [4.69, 9.17) is 9.78 Å². The third-order valence-electron chi connectivity index (χ3n) is 1.05. The first-order chi connectivity index (χ1) is 4.86. The Labute approximate surface area is 58.5 Å². The third kappa shape index (κ3) is 1.32. The number of nitriles is 1. The van der Waals surface area contributed by atoms with E-state index in [0.29, 0.717) is 11.7 Å². The third-order valence-corrected chi connectivity index (χ3v) is 1.05. The van der Waals surface area contributed by atoms with E-state index in [0.717, 1.165) is 6.42 Å². The minimum atomic E-state index is 0.226. The highest BCUT2D eigenvalue weighted by Crippen LogP contribution is 1.97. The Hall–Kier alpha value is -1.37. The Bertz CT molecular complexity index is 248. The molecule has 0 spiro atoms. The zero-order valence-electron chi connectivity index (χ0n) is 5.66. The van der Waals surface area contributed by atoms with E-state index in [1.165, 1.54) is 0 Å². The van der Waals surface area contributed by atoms with Crippen LogP contribution in [0.25, 0.3) is 0 Å². The fourth-order valence-corrected chi connectivity index (χ4v) is 0.576. The van der Waals surface area contributed by atoms with Gasteiger partial charge in [0.15, 0.2) is 5.82 Å². The molecule has 0 unspecified atom stereocenters. The van der Waals surface area contributed by atoms with Crippen LogP contribution in [0.5, 0.6) is 0 Å². The first-order valence-electron chi connectivity index (χ1n) is 3.05. The monoisotopic (exact) mass is 137 g/mol. The van der Waals surface area contributed by atoms with Crippen LogP contribution in [0.4, 0.5) is 0 Å². The van der Waals surface area contributed by atoms with Crippen LogP contribution in [-0.2, 0) is 12.8 Å². The van der Waals surface area contributed by atoms with Gasteiger partial charge in [-0.1, -0.05) is 12.1 Å². The van der Waals surface area contributed by atoms with Gasteiger partial charge in [0.25, 0.3) is 0 Å². The molecular formula is C6H7N3O. The van der Waals surface area contributed by atoms with Gasteiger partial charge in [-0.05, 0) is 0 Å². The maximum absolute atomic E-state index is 8.23. The first kappa shape index (κ1) is 6.75. The van der Waals surface area contributed by atoms with Gasteiger partial charge in [0.2, 0.25) is 5.89 Å². The van der Waals surface area contributed by atoms with Gasteiger partial charge in [0.05, 0.1) is 12.5 Å². The maximum atomic E-state index is 8.23. The second kappa shape index (κ2) is 2.97. The molecule has 1 aromatic heterocycles. The van der Waals surface area contributed by atoms with Crippen molar-refractivity contribution in [1.82, 2.24) is 10.1 Å². The average molecular weight is 137 g/mol. The van der Waals surface area contributed by atoms with E-state index in [2.05, 4.69) is 10.1 Å². The number of aromatic nitrogens is 2. The van der Waals surface area contributed by atoms with Gasteiger partial charge < -0.3 is 4.52 Å². The lowest BCUT2D eigenvalue weighted by Crippen LogP contribution is -1.84. The minimum Gasteiger partial charge on any atom is -0.339 e. The van der Waals surface area contributed by atoms with Crippen LogP contribution in [0, 0.1) is 11.3 Å². The lowest BCUT2D eigenvalue weighted by atomic mass is 10.4. The number of hydrogen-bond donors (Lipinski definition) is 0. The molecule has 0 amide bonds. The molecule has 0 saturated heterocycles. The van der Waals surface area contributed by atoms with Crippen LogP contribution in [0.2, 0.25) is 0 Å². The summed E-state index contributed by atoms with van der Waals surface area (Å²) in [6.45, 7) is 1.92. The molecule has 0 N–H and O–H groups in total. The van der Waals surface area contributed by atoms with Crippen molar-refractivity contribution in [1.29, 1.82) is 5.26 Å². The standard InChI is InChI=1S/C6H7N3O/c1-2-6-8-5(3-4-7)9-10-6/h2-3H2,1H3. The van der Waals surface area contributed by atoms with Gasteiger partial charge in [-0.25, -0.2) is 0 Å². The summed E-state index contributed by atoms with van der Waals surface area (Å²) in [4.78, 5) is 3.92. The van der Waals surface area contributed by atoms with Gasteiger partial charge in [-0.2, -0.15) is 10.2 Å². The van der Waals surface area contributed by atoms with E-state index >= 15 is 0 Å². The topological polar surface area (TPSA) is 62.7 Å². The van der Waals surface area contributed by atoms with Gasteiger partial charge >= 0.3 is 0 Å². The Morgan fingerprint density at radius 3 is 3.00 bits per heavy atom. The second-order valence-corrected chi connectivity index (χ2v) is 1.79. The lowest BCUT2D eigenvalue weighted by Gasteiger charge is -1.76. The predicted molar refractivity (Wildman–Crippen MR) is 33.0 cm³/mol. The number of hydrogen-bond acceptors (Lipinski definition) is 4. The van der Waals surface area contributed by atoms with Crippen LogP contribution in [-0.4, -0.2) is 10.1 Å². The van der Waals surface area contributed by atoms with E-state index in [-0.39, 0.29) is 6.42 Å². The molecule has 0 aliphatic heterocycles.